The van der Waals surface area contributed by atoms with Gasteiger partial charge in [-0.25, -0.2) is 13.1 Å². The average molecular weight is 399 g/mol. The summed E-state index contributed by atoms with van der Waals surface area (Å²) in [6.07, 6.45) is 2.50. The van der Waals surface area contributed by atoms with E-state index >= 15 is 0 Å². The zero-order valence-corrected chi connectivity index (χ0v) is 17.5. The summed E-state index contributed by atoms with van der Waals surface area (Å²) in [7, 11) is -3.50. The molecule has 0 amide bonds. The maximum Gasteiger partial charge on any atom is 0.240 e. The van der Waals surface area contributed by atoms with E-state index in [1.807, 2.05) is 44.7 Å². The maximum atomic E-state index is 12.5. The van der Waals surface area contributed by atoms with E-state index in [9.17, 15) is 8.42 Å². The molecule has 0 saturated carbocycles. The number of nitrogens with one attached hydrogen (secondary N) is 3. The molecule has 0 radical (unpaired) electrons. The second-order valence-corrected chi connectivity index (χ2v) is 9.59. The van der Waals surface area contributed by atoms with Crippen molar-refractivity contribution in [1.29, 1.82) is 0 Å². The van der Waals surface area contributed by atoms with Crippen LogP contribution in [0.15, 0.2) is 28.1 Å². The number of guanidine groups is 1. The first-order valence-electron chi connectivity index (χ1n) is 9.13. The van der Waals surface area contributed by atoms with E-state index in [1.165, 1.54) is 18.6 Å². The van der Waals surface area contributed by atoms with Crippen molar-refractivity contribution in [3.05, 3.63) is 29.3 Å². The van der Waals surface area contributed by atoms with Crippen molar-refractivity contribution < 1.29 is 8.42 Å². The van der Waals surface area contributed by atoms with Gasteiger partial charge in [-0.3, -0.25) is 4.99 Å². The van der Waals surface area contributed by atoms with E-state index in [0.29, 0.717) is 23.2 Å². The lowest BCUT2D eigenvalue weighted by Crippen LogP contribution is -2.41. The lowest BCUT2D eigenvalue weighted by atomic mass is 10.2. The number of thioether (sulfide) groups is 1. The Balaban J connectivity index is 1.84. The number of benzene rings is 1. The van der Waals surface area contributed by atoms with Crippen LogP contribution in [-0.4, -0.2) is 51.6 Å². The molecular formula is C18H30N4O2S2. The van der Waals surface area contributed by atoms with Crippen LogP contribution in [-0.2, 0) is 10.0 Å². The number of rotatable bonds is 8. The van der Waals surface area contributed by atoms with Gasteiger partial charge in [-0.05, 0) is 56.6 Å². The molecule has 1 atom stereocenters. The Morgan fingerprint density at radius 2 is 2.08 bits per heavy atom. The fourth-order valence-electron chi connectivity index (χ4n) is 2.76. The average Bonchev–Trinajstić information content (AvgIpc) is 3.12. The van der Waals surface area contributed by atoms with Crippen molar-refractivity contribution in [3.63, 3.8) is 0 Å². The Morgan fingerprint density at radius 1 is 1.27 bits per heavy atom. The Bertz CT molecular complexity index is 714. The Labute approximate surface area is 161 Å². The van der Waals surface area contributed by atoms with Crippen LogP contribution in [0.5, 0.6) is 0 Å². The first kappa shape index (κ1) is 21.1. The molecule has 0 bridgehead atoms. The highest BCUT2D eigenvalue weighted by atomic mass is 32.2. The van der Waals surface area contributed by atoms with Crippen LogP contribution in [0.3, 0.4) is 0 Å². The lowest BCUT2D eigenvalue weighted by Gasteiger charge is -2.14. The Morgan fingerprint density at radius 3 is 2.77 bits per heavy atom. The van der Waals surface area contributed by atoms with Gasteiger partial charge in [-0.15, -0.1) is 0 Å². The van der Waals surface area contributed by atoms with Crippen molar-refractivity contribution >= 4 is 27.7 Å². The van der Waals surface area contributed by atoms with Crippen molar-refractivity contribution in [2.45, 2.75) is 43.8 Å². The molecule has 1 aromatic rings. The van der Waals surface area contributed by atoms with Crippen LogP contribution in [0.1, 0.15) is 30.9 Å². The number of sulfonamides is 1. The molecule has 0 aliphatic carbocycles. The monoisotopic (exact) mass is 398 g/mol. The lowest BCUT2D eigenvalue weighted by molar-refractivity contribution is 0.579. The van der Waals surface area contributed by atoms with Crippen molar-refractivity contribution in [2.24, 2.45) is 4.99 Å². The highest BCUT2D eigenvalue weighted by Gasteiger charge is 2.17. The van der Waals surface area contributed by atoms with Gasteiger partial charge in [0.2, 0.25) is 10.0 Å². The molecule has 1 aromatic carbocycles. The van der Waals surface area contributed by atoms with Gasteiger partial charge in [-0.2, -0.15) is 11.8 Å². The van der Waals surface area contributed by atoms with E-state index < -0.39 is 10.0 Å². The van der Waals surface area contributed by atoms with Gasteiger partial charge in [0.1, 0.15) is 0 Å². The first-order valence-corrected chi connectivity index (χ1v) is 11.7. The van der Waals surface area contributed by atoms with Crippen LogP contribution in [0.4, 0.5) is 0 Å². The zero-order valence-electron chi connectivity index (χ0n) is 15.8. The molecule has 3 N–H and O–H groups in total. The van der Waals surface area contributed by atoms with Gasteiger partial charge < -0.3 is 10.6 Å². The molecule has 1 saturated heterocycles. The van der Waals surface area contributed by atoms with Gasteiger partial charge >= 0.3 is 0 Å². The second-order valence-electron chi connectivity index (χ2n) is 6.45. The third kappa shape index (κ3) is 6.48. The van der Waals surface area contributed by atoms with Crippen molar-refractivity contribution in [1.82, 2.24) is 15.4 Å². The normalized spacial score (nSPS) is 18.1. The summed E-state index contributed by atoms with van der Waals surface area (Å²) >= 11 is 1.98. The standard InChI is InChI=1S/C18H30N4O2S2/c1-4-19-18(21-13-16-6-5-11-25-16)20-9-10-22-26(23,24)17-12-14(2)7-8-15(17)3/h7-8,12,16,22H,4-6,9-11,13H2,1-3H3,(H2,19,20,21). The molecule has 1 heterocycles. The minimum absolute atomic E-state index is 0.304. The van der Waals surface area contributed by atoms with Gasteiger partial charge in [0.25, 0.3) is 0 Å². The molecule has 1 unspecified atom stereocenters. The minimum atomic E-state index is -3.50. The number of aryl methyl sites for hydroxylation is 2. The van der Waals surface area contributed by atoms with Gasteiger partial charge in [-0.1, -0.05) is 12.1 Å². The van der Waals surface area contributed by atoms with Gasteiger partial charge in [0.05, 0.1) is 11.4 Å². The third-order valence-corrected chi connectivity index (χ3v) is 7.15. The largest absolute Gasteiger partial charge is 0.357 e. The number of aliphatic imine (C=N–C) groups is 1. The zero-order chi connectivity index (χ0) is 19.0. The smallest absolute Gasteiger partial charge is 0.240 e. The summed E-state index contributed by atoms with van der Waals surface area (Å²) in [5.74, 6) is 1.97. The number of nitrogens with zero attached hydrogens (tertiary/aromatic N) is 1. The molecule has 6 nitrogen and oxygen atoms in total. The van der Waals surface area contributed by atoms with Crippen molar-refractivity contribution in [2.75, 3.05) is 31.9 Å². The Hall–Kier alpha value is -1.25. The Kier molecular flexibility index (Phi) is 8.24. The van der Waals surface area contributed by atoms with Crippen LogP contribution in [0.2, 0.25) is 0 Å². The predicted octanol–water partition coefficient (Wildman–Crippen LogP) is 2.03. The topological polar surface area (TPSA) is 82.6 Å². The molecule has 1 fully saturated rings. The molecule has 26 heavy (non-hydrogen) atoms. The second kappa shape index (κ2) is 10.2. The molecule has 1 aliphatic rings. The summed E-state index contributed by atoms with van der Waals surface area (Å²) in [5, 5.41) is 7.01. The van der Waals surface area contributed by atoms with Crippen LogP contribution in [0, 0.1) is 13.8 Å². The summed E-state index contributed by atoms with van der Waals surface area (Å²) in [4.78, 5) is 4.95. The molecule has 0 spiro atoms. The van der Waals surface area contributed by atoms with Crippen LogP contribution < -0.4 is 15.4 Å². The van der Waals surface area contributed by atoms with E-state index in [0.717, 1.165) is 30.2 Å². The molecule has 2 rings (SSSR count). The number of hydrogen-bond donors (Lipinski definition) is 3. The van der Waals surface area contributed by atoms with Gasteiger partial charge in [0.15, 0.2) is 5.96 Å². The summed E-state index contributed by atoms with van der Waals surface area (Å²) in [5.41, 5.74) is 1.68. The maximum absolute atomic E-state index is 12.5. The molecular weight excluding hydrogens is 368 g/mol. The fraction of sp³-hybridized carbons (Fsp3) is 0.611. The highest BCUT2D eigenvalue weighted by Crippen LogP contribution is 2.25. The van der Waals surface area contributed by atoms with E-state index in [1.54, 1.807) is 6.07 Å². The molecule has 146 valence electrons. The first-order chi connectivity index (χ1) is 12.4. The van der Waals surface area contributed by atoms with Crippen LogP contribution in [0.25, 0.3) is 0 Å². The summed E-state index contributed by atoms with van der Waals surface area (Å²) in [6, 6.07) is 5.45. The van der Waals surface area contributed by atoms with E-state index in [4.69, 9.17) is 0 Å². The van der Waals surface area contributed by atoms with Gasteiger partial charge in [0, 0.05) is 24.9 Å². The van der Waals surface area contributed by atoms with Crippen molar-refractivity contribution in [3.8, 4) is 0 Å². The van der Waals surface area contributed by atoms with E-state index in [2.05, 4.69) is 20.3 Å². The quantitative estimate of drug-likeness (QED) is 0.355. The molecule has 0 aromatic heterocycles. The molecule has 8 heteroatoms. The van der Waals surface area contributed by atoms with Crippen LogP contribution >= 0.6 is 11.8 Å². The highest BCUT2D eigenvalue weighted by molar-refractivity contribution is 8.00. The summed E-state index contributed by atoms with van der Waals surface area (Å²) < 4.78 is 27.6. The predicted molar refractivity (Wildman–Crippen MR) is 111 cm³/mol. The fourth-order valence-corrected chi connectivity index (χ4v) is 5.30. The van der Waals surface area contributed by atoms with E-state index in [-0.39, 0.29) is 0 Å². The SMILES string of the molecule is CCNC(=NCC1CCCS1)NCCNS(=O)(=O)c1cc(C)ccc1C. The molecule has 1 aliphatic heterocycles. The minimum Gasteiger partial charge on any atom is -0.357 e. The number of hydrogen-bond acceptors (Lipinski definition) is 4. The third-order valence-electron chi connectivity index (χ3n) is 4.16. The summed E-state index contributed by atoms with van der Waals surface area (Å²) in [6.45, 7) is 8.08.